The largest absolute Gasteiger partial charge is 0.325 e. The second kappa shape index (κ2) is 8.03. The minimum atomic E-state index is -1.27. The lowest BCUT2D eigenvalue weighted by Gasteiger charge is -2.22. The normalized spacial score (nSPS) is 20.9. The Morgan fingerprint density at radius 3 is 2.39 bits per heavy atom. The Kier molecular flexibility index (Phi) is 5.41. The lowest BCUT2D eigenvalue weighted by atomic mass is 9.92. The van der Waals surface area contributed by atoms with E-state index in [1.54, 1.807) is 60.4 Å². The van der Waals surface area contributed by atoms with E-state index in [1.165, 1.54) is 0 Å². The van der Waals surface area contributed by atoms with Crippen molar-refractivity contribution in [2.45, 2.75) is 25.3 Å². The fourth-order valence-electron chi connectivity index (χ4n) is 3.81. The van der Waals surface area contributed by atoms with Crippen LogP contribution in [-0.4, -0.2) is 41.7 Å². The van der Waals surface area contributed by atoms with Gasteiger partial charge in [-0.3, -0.25) is 19.3 Å². The molecule has 8 nitrogen and oxygen atoms in total. The SMILES string of the molecule is C[C@@]1(c2ccc(Cl)cc2)NC(=O)N(CC(=O)Nc2ccc(N3CCCC3=O)cc2)C1=O. The van der Waals surface area contributed by atoms with Crippen LogP contribution in [0, 0.1) is 0 Å². The number of benzene rings is 2. The Hall–Kier alpha value is -3.39. The first kappa shape index (κ1) is 20.9. The average Bonchev–Trinajstić information content (AvgIpc) is 3.26. The highest BCUT2D eigenvalue weighted by Gasteiger charge is 2.49. The molecule has 1 atom stereocenters. The zero-order valence-corrected chi connectivity index (χ0v) is 17.6. The molecule has 2 aliphatic heterocycles. The maximum atomic E-state index is 12.9. The van der Waals surface area contributed by atoms with Crippen LogP contribution in [-0.2, 0) is 19.9 Å². The summed E-state index contributed by atoms with van der Waals surface area (Å²) in [4.78, 5) is 52.2. The molecule has 0 bridgehead atoms. The number of nitrogens with zero attached hydrogens (tertiary/aromatic N) is 2. The molecule has 0 aliphatic carbocycles. The summed E-state index contributed by atoms with van der Waals surface area (Å²) in [6, 6.07) is 12.8. The third-order valence-electron chi connectivity index (χ3n) is 5.53. The number of urea groups is 1. The number of hydrogen-bond donors (Lipinski definition) is 2. The van der Waals surface area contributed by atoms with Crippen LogP contribution in [0.4, 0.5) is 16.2 Å². The van der Waals surface area contributed by atoms with Crippen molar-refractivity contribution in [1.82, 2.24) is 10.2 Å². The minimum absolute atomic E-state index is 0.0825. The lowest BCUT2D eigenvalue weighted by Crippen LogP contribution is -2.42. The maximum absolute atomic E-state index is 12.9. The molecule has 160 valence electrons. The van der Waals surface area contributed by atoms with Crippen molar-refractivity contribution >= 4 is 46.7 Å². The molecule has 0 spiro atoms. The van der Waals surface area contributed by atoms with Gasteiger partial charge >= 0.3 is 6.03 Å². The molecular weight excluding hydrogens is 420 g/mol. The maximum Gasteiger partial charge on any atom is 0.325 e. The number of rotatable bonds is 5. The van der Waals surface area contributed by atoms with Crippen LogP contribution in [0.3, 0.4) is 0 Å². The minimum Gasteiger partial charge on any atom is -0.325 e. The van der Waals surface area contributed by atoms with Crippen molar-refractivity contribution in [3.05, 3.63) is 59.1 Å². The number of hydrogen-bond acceptors (Lipinski definition) is 4. The highest BCUT2D eigenvalue weighted by atomic mass is 35.5. The third kappa shape index (κ3) is 3.98. The first-order valence-electron chi connectivity index (χ1n) is 9.88. The van der Waals surface area contributed by atoms with Gasteiger partial charge in [-0.25, -0.2) is 4.79 Å². The lowest BCUT2D eigenvalue weighted by molar-refractivity contribution is -0.133. The van der Waals surface area contributed by atoms with Crippen LogP contribution in [0.25, 0.3) is 0 Å². The van der Waals surface area contributed by atoms with E-state index in [9.17, 15) is 19.2 Å². The predicted molar refractivity (Wildman–Crippen MR) is 116 cm³/mol. The van der Waals surface area contributed by atoms with Gasteiger partial charge in [0.25, 0.3) is 5.91 Å². The molecule has 2 aromatic carbocycles. The Morgan fingerprint density at radius 2 is 1.77 bits per heavy atom. The van der Waals surface area contributed by atoms with Gasteiger partial charge in [-0.05, 0) is 55.3 Å². The van der Waals surface area contributed by atoms with E-state index in [1.807, 2.05) is 0 Å². The standard InChI is InChI=1S/C22H21ClN4O4/c1-22(14-4-6-15(23)7-5-14)20(30)27(21(31)25-22)13-18(28)24-16-8-10-17(11-9-16)26-12-2-3-19(26)29/h4-11H,2-3,12-13H2,1H3,(H,24,28)(H,25,31)/t22-/m0/s1. The first-order valence-corrected chi connectivity index (χ1v) is 10.3. The molecule has 2 aromatic rings. The molecule has 0 radical (unpaired) electrons. The van der Waals surface area contributed by atoms with E-state index < -0.39 is 29.9 Å². The summed E-state index contributed by atoms with van der Waals surface area (Å²) >= 11 is 5.90. The van der Waals surface area contributed by atoms with Crippen molar-refractivity contribution in [3.63, 3.8) is 0 Å². The van der Waals surface area contributed by atoms with Crippen LogP contribution in [0.1, 0.15) is 25.3 Å². The monoisotopic (exact) mass is 440 g/mol. The number of carbonyl (C=O) groups is 4. The summed E-state index contributed by atoms with van der Waals surface area (Å²) in [5.41, 5.74) is 0.581. The Morgan fingerprint density at radius 1 is 1.10 bits per heavy atom. The van der Waals surface area contributed by atoms with E-state index in [-0.39, 0.29) is 5.91 Å². The molecule has 31 heavy (non-hydrogen) atoms. The van der Waals surface area contributed by atoms with Crippen molar-refractivity contribution < 1.29 is 19.2 Å². The van der Waals surface area contributed by atoms with E-state index in [2.05, 4.69) is 10.6 Å². The Balaban J connectivity index is 1.41. The van der Waals surface area contributed by atoms with Crippen LogP contribution < -0.4 is 15.5 Å². The summed E-state index contributed by atoms with van der Waals surface area (Å²) in [5.74, 6) is -0.939. The summed E-state index contributed by atoms with van der Waals surface area (Å²) in [6.45, 7) is 1.86. The zero-order chi connectivity index (χ0) is 22.2. The van der Waals surface area contributed by atoms with Crippen LogP contribution in [0.5, 0.6) is 0 Å². The molecule has 4 rings (SSSR count). The molecular formula is C22H21ClN4O4. The number of halogens is 1. The second-order valence-corrected chi connectivity index (χ2v) is 8.13. The summed E-state index contributed by atoms with van der Waals surface area (Å²) in [5, 5.41) is 5.85. The van der Waals surface area contributed by atoms with Gasteiger partial charge < -0.3 is 15.5 Å². The molecule has 0 unspecified atom stereocenters. The van der Waals surface area contributed by atoms with Gasteiger partial charge in [-0.1, -0.05) is 23.7 Å². The second-order valence-electron chi connectivity index (χ2n) is 7.70. The molecule has 5 amide bonds. The number of amides is 5. The van der Waals surface area contributed by atoms with Gasteiger partial charge in [0.15, 0.2) is 0 Å². The average molecular weight is 441 g/mol. The molecule has 0 saturated carbocycles. The quantitative estimate of drug-likeness (QED) is 0.698. The summed E-state index contributed by atoms with van der Waals surface area (Å²) in [6.07, 6.45) is 1.37. The van der Waals surface area contributed by atoms with Gasteiger partial charge in [-0.15, -0.1) is 0 Å². The topological polar surface area (TPSA) is 98.8 Å². The van der Waals surface area contributed by atoms with E-state index >= 15 is 0 Å². The van der Waals surface area contributed by atoms with Gasteiger partial charge in [0.2, 0.25) is 11.8 Å². The molecule has 2 fully saturated rings. The van der Waals surface area contributed by atoms with Crippen LogP contribution in [0.15, 0.2) is 48.5 Å². The first-order chi connectivity index (χ1) is 14.8. The van der Waals surface area contributed by atoms with E-state index in [0.29, 0.717) is 29.2 Å². The third-order valence-corrected chi connectivity index (χ3v) is 5.79. The van der Waals surface area contributed by atoms with Gasteiger partial charge in [0, 0.05) is 29.4 Å². The summed E-state index contributed by atoms with van der Waals surface area (Å²) in [7, 11) is 0. The molecule has 9 heteroatoms. The van der Waals surface area contributed by atoms with Crippen molar-refractivity contribution in [3.8, 4) is 0 Å². The fourth-order valence-corrected chi connectivity index (χ4v) is 3.94. The van der Waals surface area contributed by atoms with Crippen LogP contribution >= 0.6 is 11.6 Å². The van der Waals surface area contributed by atoms with Gasteiger partial charge in [0.1, 0.15) is 12.1 Å². The summed E-state index contributed by atoms with van der Waals surface area (Å²) < 4.78 is 0. The van der Waals surface area contributed by atoms with E-state index in [4.69, 9.17) is 11.6 Å². The smallest absolute Gasteiger partial charge is 0.325 e. The van der Waals surface area contributed by atoms with Gasteiger partial charge in [0.05, 0.1) is 0 Å². The van der Waals surface area contributed by atoms with Crippen LogP contribution in [0.2, 0.25) is 5.02 Å². The Bertz CT molecular complexity index is 1050. The number of carbonyl (C=O) groups excluding carboxylic acids is 4. The molecule has 0 aromatic heterocycles. The van der Waals surface area contributed by atoms with Crippen molar-refractivity contribution in [1.29, 1.82) is 0 Å². The fraction of sp³-hybridized carbons (Fsp3) is 0.273. The Labute approximate surface area is 184 Å². The van der Waals surface area contributed by atoms with E-state index in [0.717, 1.165) is 17.0 Å². The molecule has 2 aliphatic rings. The molecule has 2 heterocycles. The number of nitrogens with one attached hydrogen (secondary N) is 2. The molecule has 2 N–H and O–H groups in total. The highest BCUT2D eigenvalue weighted by Crippen LogP contribution is 2.29. The van der Waals surface area contributed by atoms with Gasteiger partial charge in [-0.2, -0.15) is 0 Å². The number of anilines is 2. The zero-order valence-electron chi connectivity index (χ0n) is 16.9. The highest BCUT2D eigenvalue weighted by molar-refractivity contribution is 6.30. The van der Waals surface area contributed by atoms with Crippen molar-refractivity contribution in [2.24, 2.45) is 0 Å². The van der Waals surface area contributed by atoms with Crippen molar-refractivity contribution in [2.75, 3.05) is 23.3 Å². The molecule has 2 saturated heterocycles. The predicted octanol–water partition coefficient (Wildman–Crippen LogP) is 2.87. The number of imide groups is 1.